The van der Waals surface area contributed by atoms with Crippen LogP contribution in [0.15, 0.2) is 78.9 Å². The summed E-state index contributed by atoms with van der Waals surface area (Å²) in [5.41, 5.74) is 2.13. The van der Waals surface area contributed by atoms with E-state index in [1.807, 2.05) is 62.4 Å². The lowest BCUT2D eigenvalue weighted by Gasteiger charge is -2.32. The van der Waals surface area contributed by atoms with Crippen molar-refractivity contribution in [3.8, 4) is 5.75 Å². The first-order valence-electron chi connectivity index (χ1n) is 14.2. The van der Waals surface area contributed by atoms with E-state index in [-0.39, 0.29) is 37.7 Å². The molecule has 0 radical (unpaired) electrons. The van der Waals surface area contributed by atoms with Gasteiger partial charge in [0.15, 0.2) is 0 Å². The molecule has 0 heterocycles. The molecule has 3 aromatic carbocycles. The molecule has 0 aliphatic rings. The summed E-state index contributed by atoms with van der Waals surface area (Å²) < 4.78 is 32.1. The highest BCUT2D eigenvalue weighted by molar-refractivity contribution is 7.92. The van der Waals surface area contributed by atoms with Crippen LogP contribution in [0.4, 0.5) is 5.69 Å². The van der Waals surface area contributed by atoms with Crippen LogP contribution in [0.2, 0.25) is 5.02 Å². The molecule has 3 rings (SSSR count). The minimum absolute atomic E-state index is 0.0415. The Morgan fingerprint density at radius 2 is 1.62 bits per heavy atom. The molecule has 0 fully saturated rings. The molecular weight excluding hydrogens is 574 g/mol. The molecule has 0 saturated carbocycles. The molecule has 0 aliphatic heterocycles. The number of carbonyl (C=O) groups excluding carboxylic acids is 2. The van der Waals surface area contributed by atoms with Crippen molar-refractivity contribution in [3.05, 3.63) is 95.0 Å². The van der Waals surface area contributed by atoms with Gasteiger partial charge in [0, 0.05) is 37.5 Å². The van der Waals surface area contributed by atoms with Crippen LogP contribution in [0.25, 0.3) is 0 Å². The van der Waals surface area contributed by atoms with Gasteiger partial charge in [-0.25, -0.2) is 8.42 Å². The van der Waals surface area contributed by atoms with Crippen LogP contribution in [0.5, 0.6) is 5.75 Å². The quantitative estimate of drug-likeness (QED) is 0.232. The average molecular weight is 614 g/mol. The monoisotopic (exact) mass is 613 g/mol. The second kappa shape index (κ2) is 16.2. The van der Waals surface area contributed by atoms with Crippen molar-refractivity contribution in [1.29, 1.82) is 0 Å². The summed E-state index contributed by atoms with van der Waals surface area (Å²) in [6, 6.07) is 22.8. The number of nitrogens with one attached hydrogen (secondary N) is 1. The predicted octanol–water partition coefficient (Wildman–Crippen LogP) is 5.45. The number of benzene rings is 3. The summed E-state index contributed by atoms with van der Waals surface area (Å²) in [6.45, 7) is 5.08. The number of anilines is 1. The zero-order valence-corrected chi connectivity index (χ0v) is 26.0. The number of rotatable bonds is 16. The van der Waals surface area contributed by atoms with Crippen molar-refractivity contribution >= 4 is 39.1 Å². The van der Waals surface area contributed by atoms with Gasteiger partial charge in [0.25, 0.3) is 0 Å². The van der Waals surface area contributed by atoms with Crippen LogP contribution in [0.1, 0.15) is 44.2 Å². The number of ether oxygens (including phenoxy) is 1. The molecule has 226 valence electrons. The van der Waals surface area contributed by atoms with E-state index in [0.29, 0.717) is 36.0 Å². The highest BCUT2D eigenvalue weighted by atomic mass is 35.5. The van der Waals surface area contributed by atoms with Crippen LogP contribution in [-0.2, 0) is 32.6 Å². The normalized spacial score (nSPS) is 11.9. The zero-order valence-electron chi connectivity index (χ0n) is 24.5. The number of sulfonamides is 1. The number of hydrogen-bond acceptors (Lipinski definition) is 5. The van der Waals surface area contributed by atoms with E-state index in [9.17, 15) is 18.0 Å². The van der Waals surface area contributed by atoms with E-state index in [2.05, 4.69) is 5.32 Å². The van der Waals surface area contributed by atoms with Gasteiger partial charge in [-0.05, 0) is 61.2 Å². The van der Waals surface area contributed by atoms with Crippen LogP contribution in [-0.4, -0.2) is 57.1 Å². The molecule has 1 N–H and O–H groups in total. The summed E-state index contributed by atoms with van der Waals surface area (Å²) in [4.78, 5) is 28.9. The summed E-state index contributed by atoms with van der Waals surface area (Å²) >= 11 is 6.48. The molecule has 8 nitrogen and oxygen atoms in total. The number of nitrogens with zero attached hydrogens (tertiary/aromatic N) is 2. The van der Waals surface area contributed by atoms with Gasteiger partial charge in [0.05, 0.1) is 18.6 Å². The van der Waals surface area contributed by atoms with E-state index in [1.165, 1.54) is 4.31 Å². The number of amides is 2. The van der Waals surface area contributed by atoms with E-state index < -0.39 is 16.1 Å². The maximum Gasteiger partial charge on any atom is 0.243 e. The summed E-state index contributed by atoms with van der Waals surface area (Å²) in [6.07, 6.45) is 2.53. The third kappa shape index (κ3) is 9.77. The van der Waals surface area contributed by atoms with Gasteiger partial charge < -0.3 is 15.0 Å². The average Bonchev–Trinajstić information content (AvgIpc) is 2.97. The second-order valence-electron chi connectivity index (χ2n) is 9.98. The first-order valence-corrected chi connectivity index (χ1v) is 16.4. The Bertz CT molecular complexity index is 1400. The van der Waals surface area contributed by atoms with Crippen molar-refractivity contribution in [1.82, 2.24) is 10.2 Å². The SMILES string of the molecule is CCCNC(=O)[C@@H](Cc1ccccc1)N(Cc1ccccc1Cl)C(=O)CCCN(c1ccc(OCC)cc1)S(C)(=O)=O. The molecule has 0 aromatic heterocycles. The van der Waals surface area contributed by atoms with E-state index in [4.69, 9.17) is 16.3 Å². The molecular formula is C32H40ClN3O5S. The summed E-state index contributed by atoms with van der Waals surface area (Å²) in [5.74, 6) is 0.141. The van der Waals surface area contributed by atoms with Gasteiger partial charge >= 0.3 is 0 Å². The third-order valence-corrected chi connectivity index (χ3v) is 8.27. The molecule has 0 spiro atoms. The van der Waals surface area contributed by atoms with E-state index in [0.717, 1.165) is 23.8 Å². The Morgan fingerprint density at radius 3 is 2.24 bits per heavy atom. The van der Waals surface area contributed by atoms with Crippen molar-refractivity contribution < 1.29 is 22.7 Å². The first kappa shape index (κ1) is 32.9. The number of carbonyl (C=O) groups is 2. The highest BCUT2D eigenvalue weighted by Gasteiger charge is 2.30. The number of hydrogen-bond donors (Lipinski definition) is 1. The molecule has 0 unspecified atom stereocenters. The molecule has 0 bridgehead atoms. The molecule has 0 aliphatic carbocycles. The Balaban J connectivity index is 1.85. The maximum atomic E-state index is 13.9. The van der Waals surface area contributed by atoms with Gasteiger partial charge in [-0.3, -0.25) is 13.9 Å². The third-order valence-electron chi connectivity index (χ3n) is 6.71. The first-order chi connectivity index (χ1) is 20.1. The lowest BCUT2D eigenvalue weighted by molar-refractivity contribution is -0.141. The summed E-state index contributed by atoms with van der Waals surface area (Å²) in [7, 11) is -3.61. The predicted molar refractivity (Wildman–Crippen MR) is 168 cm³/mol. The minimum atomic E-state index is -3.61. The Labute approximate surface area is 254 Å². The molecule has 2 amide bonds. The standard InChI is InChI=1S/C32H40ClN3O5S/c1-4-21-34-32(38)30(23-25-12-7-6-8-13-25)35(24-26-14-9-10-15-29(26)33)31(37)16-11-22-36(42(3,39)40)27-17-19-28(20-18-27)41-5-2/h6-10,12-15,17-20,30H,4-5,11,16,21-24H2,1-3H3,(H,34,38)/t30-/m1/s1. The number of halogens is 1. The maximum absolute atomic E-state index is 13.9. The highest BCUT2D eigenvalue weighted by Crippen LogP contribution is 2.24. The van der Waals surface area contributed by atoms with Gasteiger partial charge in [-0.15, -0.1) is 0 Å². The van der Waals surface area contributed by atoms with Gasteiger partial charge in [-0.1, -0.05) is 67.1 Å². The van der Waals surface area contributed by atoms with Crippen LogP contribution < -0.4 is 14.4 Å². The molecule has 3 aromatic rings. The van der Waals surface area contributed by atoms with Crippen molar-refractivity contribution in [2.24, 2.45) is 0 Å². The molecule has 0 saturated heterocycles. The lowest BCUT2D eigenvalue weighted by atomic mass is 10.0. The Kier molecular flexibility index (Phi) is 12.7. The van der Waals surface area contributed by atoms with Crippen molar-refractivity contribution in [2.75, 3.05) is 30.3 Å². The van der Waals surface area contributed by atoms with Crippen molar-refractivity contribution in [2.45, 2.75) is 52.1 Å². The second-order valence-corrected chi connectivity index (χ2v) is 12.3. The fraction of sp³-hybridized carbons (Fsp3) is 0.375. The van der Waals surface area contributed by atoms with E-state index in [1.54, 1.807) is 35.2 Å². The van der Waals surface area contributed by atoms with Crippen LogP contribution in [0.3, 0.4) is 0 Å². The smallest absolute Gasteiger partial charge is 0.243 e. The minimum Gasteiger partial charge on any atom is -0.494 e. The topological polar surface area (TPSA) is 96.0 Å². The van der Waals surface area contributed by atoms with Crippen LogP contribution in [0, 0.1) is 0 Å². The Morgan fingerprint density at radius 1 is 0.952 bits per heavy atom. The van der Waals surface area contributed by atoms with Gasteiger partial charge in [0.1, 0.15) is 11.8 Å². The van der Waals surface area contributed by atoms with Gasteiger partial charge in [-0.2, -0.15) is 0 Å². The molecule has 1 atom stereocenters. The lowest BCUT2D eigenvalue weighted by Crippen LogP contribution is -2.50. The van der Waals surface area contributed by atoms with Gasteiger partial charge in [0.2, 0.25) is 21.8 Å². The van der Waals surface area contributed by atoms with Crippen molar-refractivity contribution in [3.63, 3.8) is 0 Å². The fourth-order valence-corrected chi connectivity index (χ4v) is 5.77. The summed E-state index contributed by atoms with van der Waals surface area (Å²) in [5, 5.41) is 3.46. The molecule has 42 heavy (non-hydrogen) atoms. The van der Waals surface area contributed by atoms with Crippen LogP contribution >= 0.6 is 11.6 Å². The largest absolute Gasteiger partial charge is 0.494 e. The van der Waals surface area contributed by atoms with E-state index >= 15 is 0 Å². The Hall–Kier alpha value is -3.56. The zero-order chi connectivity index (χ0) is 30.5. The fourth-order valence-electron chi connectivity index (χ4n) is 4.61. The molecule has 10 heteroatoms.